The fourth-order valence-corrected chi connectivity index (χ4v) is 5.10. The maximum absolute atomic E-state index is 12.5. The molecule has 164 valence electrons. The zero-order valence-electron chi connectivity index (χ0n) is 17.4. The molecule has 3 N–H and O–H groups in total. The van der Waals surface area contributed by atoms with E-state index in [1.807, 2.05) is 6.07 Å². The minimum absolute atomic E-state index is 0.211. The SMILES string of the molecule is O=C(NNC(=O)c1cc2c(s1)CCCCCC2)c1cccc(NC(=O)[C@H]2CCCO2)c1. The van der Waals surface area contributed by atoms with Gasteiger partial charge in [0, 0.05) is 22.7 Å². The van der Waals surface area contributed by atoms with Gasteiger partial charge in [-0.3, -0.25) is 25.2 Å². The van der Waals surface area contributed by atoms with Crippen LogP contribution in [0.3, 0.4) is 0 Å². The van der Waals surface area contributed by atoms with Crippen molar-refractivity contribution in [3.63, 3.8) is 0 Å². The molecule has 2 aromatic rings. The fraction of sp³-hybridized carbons (Fsp3) is 0.435. The molecule has 1 aromatic heterocycles. The third kappa shape index (κ3) is 5.51. The summed E-state index contributed by atoms with van der Waals surface area (Å²) in [4.78, 5) is 39.1. The summed E-state index contributed by atoms with van der Waals surface area (Å²) in [6.45, 7) is 0.591. The predicted octanol–water partition coefficient (Wildman–Crippen LogP) is 3.60. The second kappa shape index (κ2) is 10.1. The first-order valence-corrected chi connectivity index (χ1v) is 11.7. The normalized spacial score (nSPS) is 18.4. The lowest BCUT2D eigenvalue weighted by Crippen LogP contribution is -2.41. The molecule has 7 nitrogen and oxygen atoms in total. The third-order valence-electron chi connectivity index (χ3n) is 5.62. The Morgan fingerprint density at radius 2 is 1.74 bits per heavy atom. The van der Waals surface area contributed by atoms with Crippen molar-refractivity contribution in [1.29, 1.82) is 0 Å². The van der Waals surface area contributed by atoms with Gasteiger partial charge in [-0.25, -0.2) is 0 Å². The average Bonchev–Trinajstić information content (AvgIpc) is 3.42. The van der Waals surface area contributed by atoms with E-state index in [4.69, 9.17) is 4.74 Å². The van der Waals surface area contributed by atoms with Gasteiger partial charge in [0.1, 0.15) is 6.10 Å². The number of benzene rings is 1. The van der Waals surface area contributed by atoms with E-state index in [2.05, 4.69) is 16.2 Å². The van der Waals surface area contributed by atoms with Gasteiger partial charge in [-0.1, -0.05) is 18.9 Å². The molecule has 1 aromatic carbocycles. The molecule has 1 atom stereocenters. The molecule has 0 spiro atoms. The summed E-state index contributed by atoms with van der Waals surface area (Å²) < 4.78 is 5.38. The monoisotopic (exact) mass is 441 g/mol. The molecule has 0 radical (unpaired) electrons. The highest BCUT2D eigenvalue weighted by molar-refractivity contribution is 7.14. The number of anilines is 1. The van der Waals surface area contributed by atoms with Crippen molar-refractivity contribution >= 4 is 34.7 Å². The van der Waals surface area contributed by atoms with Crippen LogP contribution in [0, 0.1) is 0 Å². The number of rotatable bonds is 4. The number of aryl methyl sites for hydroxylation is 2. The number of amides is 3. The number of ether oxygens (including phenoxy) is 1. The summed E-state index contributed by atoms with van der Waals surface area (Å²) in [5.74, 6) is -0.971. The Labute approximate surface area is 185 Å². The van der Waals surface area contributed by atoms with Gasteiger partial charge in [0.15, 0.2) is 0 Å². The highest BCUT2D eigenvalue weighted by Crippen LogP contribution is 2.28. The smallest absolute Gasteiger partial charge is 0.279 e. The second-order valence-corrected chi connectivity index (χ2v) is 9.09. The molecule has 1 saturated heterocycles. The van der Waals surface area contributed by atoms with Crippen molar-refractivity contribution in [3.05, 3.63) is 51.2 Å². The minimum atomic E-state index is -0.448. The van der Waals surface area contributed by atoms with Crippen LogP contribution in [0.25, 0.3) is 0 Å². The number of fused-ring (bicyclic) bond motifs is 1. The lowest BCUT2D eigenvalue weighted by Gasteiger charge is -2.11. The van der Waals surface area contributed by atoms with Crippen LogP contribution in [-0.4, -0.2) is 30.4 Å². The largest absolute Gasteiger partial charge is 0.368 e. The van der Waals surface area contributed by atoms with E-state index in [9.17, 15) is 14.4 Å². The molecule has 1 fully saturated rings. The average molecular weight is 442 g/mol. The van der Waals surface area contributed by atoms with Crippen LogP contribution in [0.15, 0.2) is 30.3 Å². The molecule has 3 amide bonds. The van der Waals surface area contributed by atoms with E-state index >= 15 is 0 Å². The Kier molecular flexibility index (Phi) is 6.99. The molecule has 8 heteroatoms. The Morgan fingerprint density at radius 1 is 0.935 bits per heavy atom. The summed E-state index contributed by atoms with van der Waals surface area (Å²) in [6.07, 6.45) is 7.94. The number of hydrogen-bond donors (Lipinski definition) is 3. The Bertz CT molecular complexity index is 940. The zero-order chi connectivity index (χ0) is 21.6. The van der Waals surface area contributed by atoms with Crippen molar-refractivity contribution in [2.45, 2.75) is 57.5 Å². The van der Waals surface area contributed by atoms with Gasteiger partial charge in [0.25, 0.3) is 17.7 Å². The molecule has 2 heterocycles. The van der Waals surface area contributed by atoms with Gasteiger partial charge in [-0.05, 0) is 68.4 Å². The van der Waals surface area contributed by atoms with Gasteiger partial charge in [0.2, 0.25) is 0 Å². The first kappa shape index (κ1) is 21.5. The predicted molar refractivity (Wildman–Crippen MR) is 119 cm³/mol. The van der Waals surface area contributed by atoms with Crippen LogP contribution in [0.1, 0.15) is 69.0 Å². The van der Waals surface area contributed by atoms with Gasteiger partial charge in [-0.2, -0.15) is 0 Å². The number of hydrogen-bond acceptors (Lipinski definition) is 5. The summed E-state index contributed by atoms with van der Waals surface area (Å²) in [7, 11) is 0. The van der Waals surface area contributed by atoms with E-state index in [0.29, 0.717) is 29.2 Å². The Morgan fingerprint density at radius 3 is 2.55 bits per heavy atom. The third-order valence-corrected chi connectivity index (χ3v) is 6.86. The van der Waals surface area contributed by atoms with Crippen LogP contribution in [0.5, 0.6) is 0 Å². The fourth-order valence-electron chi connectivity index (χ4n) is 3.95. The minimum Gasteiger partial charge on any atom is -0.368 e. The quantitative estimate of drug-likeness (QED) is 0.632. The molecule has 0 saturated carbocycles. The zero-order valence-corrected chi connectivity index (χ0v) is 18.2. The van der Waals surface area contributed by atoms with Gasteiger partial charge >= 0.3 is 0 Å². The van der Waals surface area contributed by atoms with Crippen molar-refractivity contribution in [3.8, 4) is 0 Å². The van der Waals surface area contributed by atoms with Gasteiger partial charge in [-0.15, -0.1) is 11.3 Å². The first-order chi connectivity index (χ1) is 15.1. The van der Waals surface area contributed by atoms with Crippen molar-refractivity contribution in [2.24, 2.45) is 0 Å². The van der Waals surface area contributed by atoms with Gasteiger partial charge in [0.05, 0.1) is 4.88 Å². The van der Waals surface area contributed by atoms with Gasteiger partial charge < -0.3 is 10.1 Å². The molecule has 0 unspecified atom stereocenters. The second-order valence-electron chi connectivity index (χ2n) is 7.95. The van der Waals surface area contributed by atoms with E-state index in [1.165, 1.54) is 34.6 Å². The summed E-state index contributed by atoms with van der Waals surface area (Å²) in [5, 5.41) is 2.78. The Hall–Kier alpha value is -2.71. The lowest BCUT2D eigenvalue weighted by molar-refractivity contribution is -0.124. The molecular weight excluding hydrogens is 414 g/mol. The first-order valence-electron chi connectivity index (χ1n) is 10.8. The summed E-state index contributed by atoms with van der Waals surface area (Å²) in [6, 6.07) is 8.55. The van der Waals surface area contributed by atoms with Crippen LogP contribution < -0.4 is 16.2 Å². The standard InChI is InChI=1S/C23H27N3O4S/c27-21(16-8-5-9-17(13-16)24-22(28)18-10-6-12-30-18)25-26-23(29)20-14-15-7-3-1-2-4-11-19(15)31-20/h5,8-9,13-14,18H,1-4,6-7,10-12H2,(H,24,28)(H,25,27)(H,26,29)/t18-/m1/s1. The maximum atomic E-state index is 12.5. The molecule has 4 rings (SSSR count). The maximum Gasteiger partial charge on any atom is 0.279 e. The Balaban J connectivity index is 1.33. The molecule has 0 bridgehead atoms. The topological polar surface area (TPSA) is 96.5 Å². The van der Waals surface area contributed by atoms with E-state index in [0.717, 1.165) is 32.1 Å². The van der Waals surface area contributed by atoms with E-state index in [-0.39, 0.29) is 11.8 Å². The number of hydrazine groups is 1. The molecule has 1 aliphatic carbocycles. The molecule has 31 heavy (non-hydrogen) atoms. The van der Waals surface area contributed by atoms with Crippen LogP contribution >= 0.6 is 11.3 Å². The molecule has 2 aliphatic rings. The number of nitrogens with one attached hydrogen (secondary N) is 3. The van der Waals surface area contributed by atoms with E-state index < -0.39 is 12.0 Å². The van der Waals surface area contributed by atoms with Crippen molar-refractivity contribution in [2.75, 3.05) is 11.9 Å². The van der Waals surface area contributed by atoms with E-state index in [1.54, 1.807) is 24.3 Å². The highest BCUT2D eigenvalue weighted by atomic mass is 32.1. The van der Waals surface area contributed by atoms with Crippen LogP contribution in [0.4, 0.5) is 5.69 Å². The summed E-state index contributed by atoms with van der Waals surface area (Å²) >= 11 is 1.51. The highest BCUT2D eigenvalue weighted by Gasteiger charge is 2.23. The summed E-state index contributed by atoms with van der Waals surface area (Å²) in [5.41, 5.74) is 7.08. The molecular formula is C23H27N3O4S. The number of carbonyl (C=O) groups excluding carboxylic acids is 3. The van der Waals surface area contributed by atoms with Crippen LogP contribution in [0.2, 0.25) is 0 Å². The number of carbonyl (C=O) groups is 3. The van der Waals surface area contributed by atoms with Crippen molar-refractivity contribution in [1.82, 2.24) is 10.9 Å². The number of thiophene rings is 1. The van der Waals surface area contributed by atoms with Crippen molar-refractivity contribution < 1.29 is 19.1 Å². The van der Waals surface area contributed by atoms with Crippen LogP contribution in [-0.2, 0) is 22.4 Å². The lowest BCUT2D eigenvalue weighted by atomic mass is 10.00. The molecule has 1 aliphatic heterocycles.